The lowest BCUT2D eigenvalue weighted by molar-refractivity contribution is -0.902. The van der Waals surface area contributed by atoms with Crippen molar-refractivity contribution >= 4 is 17.8 Å². The largest absolute Gasteiger partial charge is 0.464 e. The molecule has 0 atom stereocenters. The molecule has 0 heterocycles. The molecule has 0 radical (unpaired) electrons. The zero-order chi connectivity index (χ0) is 41.2. The third kappa shape index (κ3) is 36.1. The van der Waals surface area contributed by atoms with Crippen LogP contribution >= 0.6 is 0 Å². The van der Waals surface area contributed by atoms with Gasteiger partial charge in [-0.3, -0.25) is 14.4 Å². The van der Waals surface area contributed by atoms with E-state index in [0.717, 1.165) is 51.4 Å². The summed E-state index contributed by atoms with van der Waals surface area (Å²) < 4.78 is 11.2. The Hall–Kier alpha value is -2.23. The number of carbonyl (C=O) groups is 3. The molecule has 328 valence electrons. The number of aliphatic hydroxyl groups excluding tert-OH is 2. The van der Waals surface area contributed by atoms with E-state index in [1.54, 1.807) is 4.90 Å². The van der Waals surface area contributed by atoms with Gasteiger partial charge in [-0.2, -0.15) is 0 Å². The number of unbranched alkanes of at least 4 members (excludes halogenated alkanes) is 22. The summed E-state index contributed by atoms with van der Waals surface area (Å²) in [6.07, 6.45) is 41.2. The fraction of sp³-hybridized carbons (Fsp3) is 0.851. The van der Waals surface area contributed by atoms with Crippen LogP contribution in [-0.4, -0.2) is 104 Å². The molecule has 0 bridgehead atoms. The van der Waals surface area contributed by atoms with Crippen molar-refractivity contribution in [3.63, 3.8) is 0 Å². The minimum atomic E-state index is -0.261. The van der Waals surface area contributed by atoms with Gasteiger partial charge < -0.3 is 29.1 Å². The number of rotatable bonds is 42. The summed E-state index contributed by atoms with van der Waals surface area (Å²) in [6, 6.07) is 0. The molecule has 0 aliphatic heterocycles. The van der Waals surface area contributed by atoms with Gasteiger partial charge in [-0.05, 0) is 64.2 Å². The first-order chi connectivity index (χ1) is 27.3. The number of ether oxygens (including phenoxy) is 2. The Bertz CT molecular complexity index is 906. The summed E-state index contributed by atoms with van der Waals surface area (Å²) >= 11 is 0. The number of amides is 1. The third-order valence-electron chi connectivity index (χ3n) is 10.7. The van der Waals surface area contributed by atoms with Crippen molar-refractivity contribution in [2.75, 3.05) is 66.2 Å². The van der Waals surface area contributed by atoms with E-state index in [0.29, 0.717) is 25.9 Å². The van der Waals surface area contributed by atoms with Crippen molar-refractivity contribution in [3.05, 3.63) is 24.3 Å². The monoisotopic (exact) mass is 794 g/mol. The summed E-state index contributed by atoms with van der Waals surface area (Å²) in [4.78, 5) is 39.8. The molecule has 0 aromatic rings. The lowest BCUT2D eigenvalue weighted by Crippen LogP contribution is -2.54. The van der Waals surface area contributed by atoms with Crippen LogP contribution in [-0.2, 0) is 23.9 Å². The lowest BCUT2D eigenvalue weighted by Gasteiger charge is -2.34. The predicted molar refractivity (Wildman–Crippen MR) is 232 cm³/mol. The molecule has 0 saturated heterocycles. The zero-order valence-corrected chi connectivity index (χ0v) is 36.8. The topological polar surface area (TPSA) is 113 Å². The average Bonchev–Trinajstić information content (AvgIpc) is 3.17. The number of nitrogens with zero attached hydrogens (tertiary/aromatic N) is 2. The molecule has 0 aliphatic carbocycles. The Balaban J connectivity index is 4.34. The first-order valence-electron chi connectivity index (χ1n) is 23.3. The molecular formula is C47H89N2O7+. The van der Waals surface area contributed by atoms with Crippen LogP contribution < -0.4 is 0 Å². The second kappa shape index (κ2) is 40.9. The highest BCUT2D eigenvalue weighted by Gasteiger charge is 2.28. The number of hydrogen-bond donors (Lipinski definition) is 2. The molecule has 9 nitrogen and oxygen atoms in total. The van der Waals surface area contributed by atoms with Crippen molar-refractivity contribution in [3.8, 4) is 0 Å². The van der Waals surface area contributed by atoms with Crippen LogP contribution in [0.3, 0.4) is 0 Å². The van der Waals surface area contributed by atoms with Gasteiger partial charge in [-0.1, -0.05) is 141 Å². The second-order valence-corrected chi connectivity index (χ2v) is 16.2. The molecular weight excluding hydrogens is 705 g/mol. The predicted octanol–water partition coefficient (Wildman–Crippen LogP) is 10.4. The van der Waals surface area contributed by atoms with Crippen LogP contribution in [0.2, 0.25) is 0 Å². The average molecular weight is 794 g/mol. The standard InChI is InChI=1S/C47H89N2O7/c1-4-6-8-10-12-14-16-18-20-22-24-26-28-30-32-34-46(53)55-42-36-48(45(52)44-49(3,38-40-50)39-41-51)37-43-56-47(54)35-33-31-29-27-25-23-21-19-17-15-13-11-9-7-5-2/h18-21,50-51H,4-17,22-44H2,1-3H3/q+1/b20-18-,21-19-. The van der Waals surface area contributed by atoms with Gasteiger partial charge in [0.25, 0.3) is 5.91 Å². The SMILES string of the molecule is CCCCCCCC/C=C\CCCCCCCC(=O)OCCN(CCOC(=O)CCCCCCC/C=C\CCCCCCCC)C(=O)C[N+](C)(CCO)CCO. The minimum absolute atomic E-state index is 0.0717. The Labute approximate surface area is 344 Å². The summed E-state index contributed by atoms with van der Waals surface area (Å²) in [6.45, 7) is 5.57. The molecule has 0 spiro atoms. The Morgan fingerprint density at radius 2 is 0.821 bits per heavy atom. The number of quaternary nitrogens is 1. The number of carbonyl (C=O) groups excluding carboxylic acids is 3. The van der Waals surface area contributed by atoms with Crippen molar-refractivity contribution in [2.45, 2.75) is 194 Å². The summed E-state index contributed by atoms with van der Waals surface area (Å²) in [5, 5.41) is 19.1. The van der Waals surface area contributed by atoms with E-state index in [1.807, 2.05) is 7.05 Å². The van der Waals surface area contributed by atoms with Crippen molar-refractivity contribution in [1.82, 2.24) is 4.90 Å². The highest BCUT2D eigenvalue weighted by molar-refractivity contribution is 5.77. The molecule has 0 fully saturated rings. The van der Waals surface area contributed by atoms with Gasteiger partial charge in [0.1, 0.15) is 26.3 Å². The van der Waals surface area contributed by atoms with Gasteiger partial charge in [0.05, 0.1) is 33.4 Å². The quantitative estimate of drug-likeness (QED) is 0.0274. The smallest absolute Gasteiger partial charge is 0.305 e. The fourth-order valence-electron chi connectivity index (χ4n) is 6.90. The van der Waals surface area contributed by atoms with Crippen molar-refractivity contribution in [1.29, 1.82) is 0 Å². The molecule has 56 heavy (non-hydrogen) atoms. The van der Waals surface area contributed by atoms with Crippen molar-refractivity contribution < 1.29 is 38.6 Å². The van der Waals surface area contributed by atoms with Gasteiger partial charge in [0.15, 0.2) is 6.54 Å². The first-order valence-corrected chi connectivity index (χ1v) is 23.3. The summed E-state index contributed by atoms with van der Waals surface area (Å²) in [7, 11) is 1.82. The van der Waals surface area contributed by atoms with Crippen LogP contribution in [0.1, 0.15) is 194 Å². The lowest BCUT2D eigenvalue weighted by atomic mass is 10.1. The van der Waals surface area contributed by atoms with Gasteiger partial charge in [-0.15, -0.1) is 0 Å². The third-order valence-corrected chi connectivity index (χ3v) is 10.7. The van der Waals surface area contributed by atoms with Gasteiger partial charge >= 0.3 is 11.9 Å². The molecule has 9 heteroatoms. The molecule has 0 unspecified atom stereocenters. The molecule has 0 aromatic heterocycles. The van der Waals surface area contributed by atoms with Crippen LogP contribution in [0, 0.1) is 0 Å². The fourth-order valence-corrected chi connectivity index (χ4v) is 6.90. The zero-order valence-electron chi connectivity index (χ0n) is 36.8. The van der Waals surface area contributed by atoms with Crippen molar-refractivity contribution in [2.24, 2.45) is 0 Å². The maximum absolute atomic E-state index is 13.4. The van der Waals surface area contributed by atoms with E-state index in [-0.39, 0.29) is 68.4 Å². The molecule has 1 amide bonds. The van der Waals surface area contributed by atoms with Crippen LogP contribution in [0.4, 0.5) is 0 Å². The molecule has 0 aromatic carbocycles. The first kappa shape index (κ1) is 53.8. The summed E-state index contributed by atoms with van der Waals surface area (Å²) in [5.41, 5.74) is 0. The molecule has 0 saturated carbocycles. The molecule has 2 N–H and O–H groups in total. The van der Waals surface area contributed by atoms with Gasteiger partial charge in [-0.25, -0.2) is 0 Å². The minimum Gasteiger partial charge on any atom is -0.464 e. The molecule has 0 rings (SSSR count). The van der Waals surface area contributed by atoms with E-state index < -0.39 is 0 Å². The van der Waals surface area contributed by atoms with E-state index in [1.165, 1.54) is 116 Å². The highest BCUT2D eigenvalue weighted by atomic mass is 16.5. The van der Waals surface area contributed by atoms with E-state index in [4.69, 9.17) is 9.47 Å². The van der Waals surface area contributed by atoms with Crippen LogP contribution in [0.5, 0.6) is 0 Å². The number of aliphatic hydroxyl groups is 2. The van der Waals surface area contributed by atoms with Crippen LogP contribution in [0.25, 0.3) is 0 Å². The van der Waals surface area contributed by atoms with E-state index >= 15 is 0 Å². The Morgan fingerprint density at radius 1 is 0.500 bits per heavy atom. The summed E-state index contributed by atoms with van der Waals surface area (Å²) in [5.74, 6) is -0.721. The number of esters is 2. The van der Waals surface area contributed by atoms with E-state index in [9.17, 15) is 24.6 Å². The van der Waals surface area contributed by atoms with Gasteiger partial charge in [0, 0.05) is 12.8 Å². The van der Waals surface area contributed by atoms with Gasteiger partial charge in [0.2, 0.25) is 0 Å². The van der Waals surface area contributed by atoms with E-state index in [2.05, 4.69) is 38.2 Å². The number of allylic oxidation sites excluding steroid dienone is 4. The van der Waals surface area contributed by atoms with Crippen LogP contribution in [0.15, 0.2) is 24.3 Å². The highest BCUT2D eigenvalue weighted by Crippen LogP contribution is 2.13. The Morgan fingerprint density at radius 3 is 1.16 bits per heavy atom. The maximum Gasteiger partial charge on any atom is 0.305 e. The normalized spacial score (nSPS) is 11.9. The molecule has 0 aliphatic rings. The number of hydrogen-bond acceptors (Lipinski definition) is 7. The Kier molecular flexibility index (Phi) is 39.3. The maximum atomic E-state index is 13.4. The second-order valence-electron chi connectivity index (χ2n) is 16.2. The number of likely N-dealkylation sites (N-methyl/N-ethyl adjacent to an activating group) is 1.